The fraction of sp³-hybridized carbons (Fsp3) is 0.471. The van der Waals surface area contributed by atoms with Gasteiger partial charge in [-0.25, -0.2) is 4.90 Å². The number of imide groups is 1. The molecule has 2 saturated heterocycles. The van der Waals surface area contributed by atoms with Gasteiger partial charge >= 0.3 is 5.97 Å². The molecule has 1 N–H and O–H groups in total. The minimum absolute atomic E-state index is 0.0756. The molecule has 1 aromatic rings. The molecular weight excluding hydrogens is 348 g/mol. The van der Waals surface area contributed by atoms with E-state index in [2.05, 4.69) is 0 Å². The van der Waals surface area contributed by atoms with Crippen molar-refractivity contribution in [1.82, 2.24) is 4.90 Å². The quantitative estimate of drug-likeness (QED) is 0.817. The van der Waals surface area contributed by atoms with Gasteiger partial charge in [-0.05, 0) is 44.1 Å². The molecule has 2 aliphatic rings. The summed E-state index contributed by atoms with van der Waals surface area (Å²) < 4.78 is 5.25. The van der Waals surface area contributed by atoms with Crippen LogP contribution in [-0.2, 0) is 14.4 Å². The Morgan fingerprint density at radius 1 is 1.28 bits per heavy atom. The predicted molar refractivity (Wildman–Crippen MR) is 90.8 cm³/mol. The number of nitrogens with zero attached hydrogens (tertiary/aromatic N) is 2. The summed E-state index contributed by atoms with van der Waals surface area (Å²) in [6.07, 6.45) is 1.04. The van der Waals surface area contributed by atoms with E-state index in [4.69, 9.17) is 21.4 Å². The molecule has 0 spiro atoms. The molecule has 1 atom stereocenters. The summed E-state index contributed by atoms with van der Waals surface area (Å²) in [5, 5.41) is 9.49. The zero-order chi connectivity index (χ0) is 18.1. The number of benzene rings is 1. The highest BCUT2D eigenvalue weighted by atomic mass is 35.5. The Labute approximate surface area is 150 Å². The Morgan fingerprint density at radius 3 is 2.56 bits per heavy atom. The lowest BCUT2D eigenvalue weighted by molar-refractivity contribution is -0.143. The summed E-state index contributed by atoms with van der Waals surface area (Å²) in [6, 6.07) is 4.22. The van der Waals surface area contributed by atoms with E-state index < -0.39 is 12.0 Å². The Morgan fingerprint density at radius 2 is 1.96 bits per heavy atom. The average Bonchev–Trinajstić information content (AvgIpc) is 2.89. The number of aliphatic carboxylic acids is 1. The molecule has 2 fully saturated rings. The van der Waals surface area contributed by atoms with E-state index in [1.807, 2.05) is 4.90 Å². The topological polar surface area (TPSA) is 87.2 Å². The fourth-order valence-corrected chi connectivity index (χ4v) is 3.62. The van der Waals surface area contributed by atoms with Crippen LogP contribution in [0.25, 0.3) is 0 Å². The van der Waals surface area contributed by atoms with Crippen LogP contribution in [0.3, 0.4) is 0 Å². The summed E-state index contributed by atoms with van der Waals surface area (Å²) in [7, 11) is 1.46. The van der Waals surface area contributed by atoms with E-state index in [1.165, 1.54) is 13.2 Å². The van der Waals surface area contributed by atoms with E-state index in [1.54, 1.807) is 12.1 Å². The number of carboxylic acids is 1. The predicted octanol–water partition coefficient (Wildman–Crippen LogP) is 1.78. The van der Waals surface area contributed by atoms with Gasteiger partial charge in [0.05, 0.1) is 31.2 Å². The number of ether oxygens (including phenoxy) is 1. The van der Waals surface area contributed by atoms with Gasteiger partial charge in [-0.2, -0.15) is 0 Å². The number of likely N-dealkylation sites (tertiary alicyclic amines) is 1. The van der Waals surface area contributed by atoms with Crippen molar-refractivity contribution in [3.8, 4) is 5.75 Å². The van der Waals surface area contributed by atoms with Gasteiger partial charge < -0.3 is 9.84 Å². The third kappa shape index (κ3) is 3.34. The maximum Gasteiger partial charge on any atom is 0.306 e. The number of rotatable bonds is 4. The summed E-state index contributed by atoms with van der Waals surface area (Å²) in [4.78, 5) is 39.4. The van der Waals surface area contributed by atoms with Crippen LogP contribution in [0.5, 0.6) is 5.75 Å². The highest BCUT2D eigenvalue weighted by Gasteiger charge is 2.44. The molecule has 7 nitrogen and oxygen atoms in total. The number of piperidine rings is 1. The second-order valence-electron chi connectivity index (χ2n) is 6.25. The van der Waals surface area contributed by atoms with Crippen molar-refractivity contribution in [3.63, 3.8) is 0 Å². The lowest BCUT2D eigenvalue weighted by atomic mass is 9.96. The maximum atomic E-state index is 12.9. The van der Waals surface area contributed by atoms with E-state index in [0.717, 1.165) is 4.90 Å². The standard InChI is InChI=1S/C17H19ClN2O5/c1-25-14-3-2-11(18)8-12(14)20-15(21)9-13(16(20)22)19-6-4-10(5-7-19)17(23)24/h2-3,8,10,13H,4-7,9H2,1H3,(H,23,24)/t13-/m0/s1. The minimum atomic E-state index is -0.807. The third-order valence-corrected chi connectivity index (χ3v) is 5.06. The zero-order valence-electron chi connectivity index (χ0n) is 13.8. The number of carboxylic acid groups (broad SMARTS) is 1. The van der Waals surface area contributed by atoms with Crippen molar-refractivity contribution in [2.45, 2.75) is 25.3 Å². The van der Waals surface area contributed by atoms with Gasteiger partial charge in [0.15, 0.2) is 0 Å². The molecule has 8 heteroatoms. The molecule has 0 saturated carbocycles. The van der Waals surface area contributed by atoms with Crippen molar-refractivity contribution in [1.29, 1.82) is 0 Å². The Bertz CT molecular complexity index is 715. The minimum Gasteiger partial charge on any atom is -0.495 e. The Hall–Kier alpha value is -2.12. The molecule has 0 radical (unpaired) electrons. The van der Waals surface area contributed by atoms with Crippen LogP contribution in [0.1, 0.15) is 19.3 Å². The van der Waals surface area contributed by atoms with Crippen LogP contribution < -0.4 is 9.64 Å². The normalized spacial score (nSPS) is 22.5. The zero-order valence-corrected chi connectivity index (χ0v) is 14.5. The van der Waals surface area contributed by atoms with Crippen LogP contribution >= 0.6 is 11.6 Å². The van der Waals surface area contributed by atoms with E-state index in [0.29, 0.717) is 42.4 Å². The second kappa shape index (κ2) is 7.01. The van der Waals surface area contributed by atoms with E-state index >= 15 is 0 Å². The highest BCUT2D eigenvalue weighted by Crippen LogP contribution is 2.36. The van der Waals surface area contributed by atoms with Crippen LogP contribution in [0.4, 0.5) is 5.69 Å². The maximum absolute atomic E-state index is 12.9. The fourth-order valence-electron chi connectivity index (χ4n) is 3.45. The van der Waals surface area contributed by atoms with Gasteiger partial charge in [-0.3, -0.25) is 19.3 Å². The Kier molecular flexibility index (Phi) is 4.96. The van der Waals surface area contributed by atoms with Crippen LogP contribution in [0.2, 0.25) is 5.02 Å². The number of halogens is 1. The van der Waals surface area contributed by atoms with Crippen molar-refractivity contribution in [3.05, 3.63) is 23.2 Å². The van der Waals surface area contributed by atoms with Gasteiger partial charge in [-0.1, -0.05) is 11.6 Å². The van der Waals surface area contributed by atoms with Gasteiger partial charge in [0.2, 0.25) is 5.91 Å². The molecule has 2 aliphatic heterocycles. The molecule has 0 unspecified atom stereocenters. The van der Waals surface area contributed by atoms with Crippen molar-refractivity contribution >= 4 is 35.1 Å². The smallest absolute Gasteiger partial charge is 0.306 e. The van der Waals surface area contributed by atoms with Crippen molar-refractivity contribution in [2.75, 3.05) is 25.1 Å². The number of hydrogen-bond donors (Lipinski definition) is 1. The summed E-state index contributed by atoms with van der Waals surface area (Å²) in [5.74, 6) is -1.42. The first-order chi connectivity index (χ1) is 11.9. The number of amides is 2. The number of carbonyl (C=O) groups is 3. The molecule has 0 aliphatic carbocycles. The van der Waals surface area contributed by atoms with Crippen LogP contribution in [0, 0.1) is 5.92 Å². The third-order valence-electron chi connectivity index (χ3n) is 4.82. The number of methoxy groups -OCH3 is 1. The van der Waals surface area contributed by atoms with Crippen molar-refractivity contribution in [2.24, 2.45) is 5.92 Å². The van der Waals surface area contributed by atoms with Gasteiger partial charge in [0, 0.05) is 5.02 Å². The van der Waals surface area contributed by atoms with Crippen LogP contribution in [-0.4, -0.2) is 54.0 Å². The molecule has 25 heavy (non-hydrogen) atoms. The number of carbonyl (C=O) groups excluding carboxylic acids is 2. The monoisotopic (exact) mass is 366 g/mol. The first-order valence-electron chi connectivity index (χ1n) is 8.09. The first-order valence-corrected chi connectivity index (χ1v) is 8.47. The number of hydrogen-bond acceptors (Lipinski definition) is 5. The van der Waals surface area contributed by atoms with E-state index in [9.17, 15) is 14.4 Å². The summed E-state index contributed by atoms with van der Waals surface area (Å²) in [6.45, 7) is 0.975. The van der Waals surface area contributed by atoms with Gasteiger partial charge in [0.25, 0.3) is 5.91 Å². The molecule has 0 bridgehead atoms. The lowest BCUT2D eigenvalue weighted by Crippen LogP contribution is -2.46. The largest absolute Gasteiger partial charge is 0.495 e. The molecule has 2 amide bonds. The molecule has 3 rings (SSSR count). The van der Waals surface area contributed by atoms with Gasteiger partial charge in [0.1, 0.15) is 5.75 Å². The first kappa shape index (κ1) is 17.7. The van der Waals surface area contributed by atoms with Crippen LogP contribution in [0.15, 0.2) is 18.2 Å². The molecule has 134 valence electrons. The molecule has 2 heterocycles. The summed E-state index contributed by atoms with van der Waals surface area (Å²) >= 11 is 6.01. The Balaban J connectivity index is 1.80. The van der Waals surface area contributed by atoms with Crippen molar-refractivity contribution < 1.29 is 24.2 Å². The number of anilines is 1. The molecule has 1 aromatic carbocycles. The molecular formula is C17H19ClN2O5. The van der Waals surface area contributed by atoms with Gasteiger partial charge in [-0.15, -0.1) is 0 Å². The summed E-state index contributed by atoms with van der Waals surface area (Å²) in [5.41, 5.74) is 0.341. The second-order valence-corrected chi connectivity index (χ2v) is 6.69. The molecule has 0 aromatic heterocycles. The average molecular weight is 367 g/mol. The SMILES string of the molecule is COc1ccc(Cl)cc1N1C(=O)C[C@H](N2CCC(C(=O)O)CC2)C1=O. The highest BCUT2D eigenvalue weighted by molar-refractivity contribution is 6.31. The lowest BCUT2D eigenvalue weighted by Gasteiger charge is -2.33. The van der Waals surface area contributed by atoms with E-state index in [-0.39, 0.29) is 24.2 Å².